The van der Waals surface area contributed by atoms with Crippen molar-refractivity contribution in [2.75, 3.05) is 12.8 Å². The molecule has 1 aromatic heterocycles. The van der Waals surface area contributed by atoms with Crippen molar-refractivity contribution in [3.8, 4) is 11.4 Å². The summed E-state index contributed by atoms with van der Waals surface area (Å²) in [6.45, 7) is 2.06. The second-order valence-electron chi connectivity index (χ2n) is 7.70. The van der Waals surface area contributed by atoms with Gasteiger partial charge in [-0.3, -0.25) is 4.79 Å². The number of rotatable bonds is 7. The fraction of sp³-hybridized carbons (Fsp3) is 0.192. The first-order valence-electron chi connectivity index (χ1n) is 10.5. The highest BCUT2D eigenvalue weighted by molar-refractivity contribution is 7.99. The van der Waals surface area contributed by atoms with Crippen LogP contribution in [0.25, 0.3) is 11.4 Å². The van der Waals surface area contributed by atoms with E-state index in [9.17, 15) is 4.79 Å². The fourth-order valence-corrected chi connectivity index (χ4v) is 4.62. The Bertz CT molecular complexity index is 1150. The third-order valence-corrected chi connectivity index (χ3v) is 6.56. The van der Waals surface area contributed by atoms with Crippen molar-refractivity contribution in [2.24, 2.45) is 7.05 Å². The van der Waals surface area contributed by atoms with Crippen LogP contribution in [-0.4, -0.2) is 38.4 Å². The highest BCUT2D eigenvalue weighted by atomic mass is 32.2. The second-order valence-corrected chi connectivity index (χ2v) is 8.64. The van der Waals surface area contributed by atoms with E-state index in [1.54, 1.807) is 0 Å². The monoisotopic (exact) mass is 442 g/mol. The van der Waals surface area contributed by atoms with E-state index in [-0.39, 0.29) is 17.7 Å². The molecule has 0 spiro atoms. The lowest BCUT2D eigenvalue weighted by atomic mass is 9.97. The lowest BCUT2D eigenvalue weighted by Gasteiger charge is -2.29. The zero-order chi connectivity index (χ0) is 22.5. The molecule has 4 rings (SSSR count). The molecule has 0 aliphatic carbocycles. The molecule has 0 N–H and O–H groups in total. The molecule has 0 saturated carbocycles. The van der Waals surface area contributed by atoms with Crippen LogP contribution in [0, 0.1) is 6.92 Å². The van der Waals surface area contributed by atoms with Crippen LogP contribution in [0.5, 0.6) is 0 Å². The molecule has 0 unspecified atom stereocenters. The third kappa shape index (κ3) is 4.60. The Labute approximate surface area is 193 Å². The van der Waals surface area contributed by atoms with Crippen molar-refractivity contribution in [1.29, 1.82) is 0 Å². The first-order chi connectivity index (χ1) is 15.6. The Morgan fingerprint density at radius 1 is 0.906 bits per heavy atom. The Hall–Kier alpha value is -3.38. The fourth-order valence-electron chi connectivity index (χ4n) is 3.78. The van der Waals surface area contributed by atoms with Crippen LogP contribution in [-0.2, 0) is 11.8 Å². The summed E-state index contributed by atoms with van der Waals surface area (Å²) >= 11 is 1.41. The number of nitrogens with zero attached hydrogens (tertiary/aromatic N) is 4. The van der Waals surface area contributed by atoms with Crippen molar-refractivity contribution < 1.29 is 4.79 Å². The standard InChI is InChI=1S/C26H26N4OS/c1-19-12-10-11-17-22(19)25-27-28-26(30(25)3)32-18-23(31)29(2)24(20-13-6-4-7-14-20)21-15-8-5-9-16-21/h4-17,24H,18H2,1-3H3. The number of aryl methyl sites for hydroxylation is 1. The summed E-state index contributed by atoms with van der Waals surface area (Å²) < 4.78 is 1.95. The molecule has 0 fully saturated rings. The summed E-state index contributed by atoms with van der Waals surface area (Å²) in [6.07, 6.45) is 0. The molecule has 0 atom stereocenters. The summed E-state index contributed by atoms with van der Waals surface area (Å²) in [5.41, 5.74) is 4.36. The summed E-state index contributed by atoms with van der Waals surface area (Å²) in [6, 6.07) is 28.2. The molecule has 3 aromatic carbocycles. The van der Waals surface area contributed by atoms with Crippen LogP contribution in [0.2, 0.25) is 0 Å². The number of carbonyl (C=O) groups is 1. The van der Waals surface area contributed by atoms with Crippen LogP contribution in [0.3, 0.4) is 0 Å². The van der Waals surface area contributed by atoms with Crippen molar-refractivity contribution in [3.63, 3.8) is 0 Å². The van der Waals surface area contributed by atoms with Gasteiger partial charge in [0.05, 0.1) is 11.8 Å². The molecule has 1 heterocycles. The zero-order valence-electron chi connectivity index (χ0n) is 18.5. The molecule has 0 bridgehead atoms. The average molecular weight is 443 g/mol. The van der Waals surface area contributed by atoms with Gasteiger partial charge in [0.25, 0.3) is 0 Å². The number of benzene rings is 3. The minimum absolute atomic E-state index is 0.0353. The quantitative estimate of drug-likeness (QED) is 0.372. The molecular formula is C26H26N4OS. The van der Waals surface area contributed by atoms with Gasteiger partial charge in [-0.15, -0.1) is 10.2 Å². The maximum atomic E-state index is 13.2. The van der Waals surface area contributed by atoms with Gasteiger partial charge in [-0.2, -0.15) is 0 Å². The lowest BCUT2D eigenvalue weighted by Crippen LogP contribution is -2.33. The molecular weight excluding hydrogens is 416 g/mol. The van der Waals surface area contributed by atoms with Gasteiger partial charge < -0.3 is 9.47 Å². The molecule has 6 heteroatoms. The predicted molar refractivity (Wildman–Crippen MR) is 129 cm³/mol. The third-order valence-electron chi connectivity index (χ3n) is 5.56. The van der Waals surface area contributed by atoms with Gasteiger partial charge in [-0.25, -0.2) is 0 Å². The van der Waals surface area contributed by atoms with E-state index in [1.165, 1.54) is 11.8 Å². The van der Waals surface area contributed by atoms with Crippen molar-refractivity contribution in [3.05, 3.63) is 102 Å². The van der Waals surface area contributed by atoms with Gasteiger partial charge in [-0.1, -0.05) is 96.7 Å². The zero-order valence-corrected chi connectivity index (χ0v) is 19.3. The van der Waals surface area contributed by atoms with E-state index in [4.69, 9.17) is 0 Å². The first kappa shape index (κ1) is 21.8. The van der Waals surface area contributed by atoms with Gasteiger partial charge in [-0.05, 0) is 23.6 Å². The maximum Gasteiger partial charge on any atom is 0.233 e. The van der Waals surface area contributed by atoms with Crippen LogP contribution in [0.1, 0.15) is 22.7 Å². The predicted octanol–water partition coefficient (Wildman–Crippen LogP) is 5.13. The highest BCUT2D eigenvalue weighted by Gasteiger charge is 2.24. The van der Waals surface area contributed by atoms with Crippen molar-refractivity contribution in [1.82, 2.24) is 19.7 Å². The van der Waals surface area contributed by atoms with Gasteiger partial charge in [0.15, 0.2) is 11.0 Å². The maximum absolute atomic E-state index is 13.2. The topological polar surface area (TPSA) is 51.0 Å². The minimum atomic E-state index is -0.146. The molecule has 0 aliphatic heterocycles. The number of aromatic nitrogens is 3. The summed E-state index contributed by atoms with van der Waals surface area (Å²) in [5.74, 6) is 1.12. The SMILES string of the molecule is Cc1ccccc1-c1nnc(SCC(=O)N(C)C(c2ccccc2)c2ccccc2)n1C. The molecule has 4 aromatic rings. The average Bonchev–Trinajstić information content (AvgIpc) is 3.19. The highest BCUT2D eigenvalue weighted by Crippen LogP contribution is 2.29. The van der Waals surface area contributed by atoms with E-state index >= 15 is 0 Å². The summed E-state index contributed by atoms with van der Waals surface area (Å²) in [4.78, 5) is 15.0. The minimum Gasteiger partial charge on any atom is -0.334 e. The number of amides is 1. The van der Waals surface area contributed by atoms with Gasteiger partial charge in [0, 0.05) is 19.7 Å². The Balaban J connectivity index is 1.52. The Morgan fingerprint density at radius 2 is 1.47 bits per heavy atom. The molecule has 0 aliphatic rings. The summed E-state index contributed by atoms with van der Waals surface area (Å²) in [7, 11) is 3.80. The molecule has 32 heavy (non-hydrogen) atoms. The number of hydrogen-bond donors (Lipinski definition) is 0. The summed E-state index contributed by atoms with van der Waals surface area (Å²) in [5, 5.41) is 9.42. The van der Waals surface area contributed by atoms with Gasteiger partial charge >= 0.3 is 0 Å². The Morgan fingerprint density at radius 3 is 2.06 bits per heavy atom. The number of thioether (sulfide) groups is 1. The molecule has 1 amide bonds. The molecule has 162 valence electrons. The van der Waals surface area contributed by atoms with Crippen molar-refractivity contribution in [2.45, 2.75) is 18.1 Å². The van der Waals surface area contributed by atoms with E-state index in [0.29, 0.717) is 0 Å². The molecule has 0 radical (unpaired) electrons. The second kappa shape index (κ2) is 9.83. The van der Waals surface area contributed by atoms with Gasteiger partial charge in [0.2, 0.25) is 5.91 Å². The van der Waals surface area contributed by atoms with Gasteiger partial charge in [0.1, 0.15) is 0 Å². The van der Waals surface area contributed by atoms with Crippen LogP contribution in [0.15, 0.2) is 90.1 Å². The lowest BCUT2D eigenvalue weighted by molar-refractivity contribution is -0.128. The van der Waals surface area contributed by atoms with E-state index in [0.717, 1.165) is 33.2 Å². The van der Waals surface area contributed by atoms with E-state index in [2.05, 4.69) is 47.5 Å². The molecule has 0 saturated heterocycles. The first-order valence-corrected chi connectivity index (χ1v) is 11.5. The van der Waals surface area contributed by atoms with Crippen LogP contribution < -0.4 is 0 Å². The molecule has 5 nitrogen and oxygen atoms in total. The van der Waals surface area contributed by atoms with E-state index < -0.39 is 0 Å². The van der Waals surface area contributed by atoms with Crippen LogP contribution >= 0.6 is 11.8 Å². The normalized spacial score (nSPS) is 11.0. The van der Waals surface area contributed by atoms with Crippen LogP contribution in [0.4, 0.5) is 0 Å². The Kier molecular flexibility index (Phi) is 6.71. The van der Waals surface area contributed by atoms with E-state index in [1.807, 2.05) is 78.2 Å². The smallest absolute Gasteiger partial charge is 0.233 e. The number of carbonyl (C=O) groups excluding carboxylic acids is 1. The number of hydrogen-bond acceptors (Lipinski definition) is 4. The largest absolute Gasteiger partial charge is 0.334 e. The van der Waals surface area contributed by atoms with Crippen molar-refractivity contribution >= 4 is 17.7 Å².